The lowest BCUT2D eigenvalue weighted by Crippen LogP contribution is -2.44. The first-order valence-electron chi connectivity index (χ1n) is 10.3. The highest BCUT2D eigenvalue weighted by Gasteiger charge is 2.37. The second-order valence-electron chi connectivity index (χ2n) is 8.59. The molecule has 0 aromatic heterocycles. The van der Waals surface area contributed by atoms with Gasteiger partial charge in [0.15, 0.2) is 0 Å². The zero-order chi connectivity index (χ0) is 19.2. The summed E-state index contributed by atoms with van der Waals surface area (Å²) in [6, 6.07) is 9.64. The van der Waals surface area contributed by atoms with Crippen LogP contribution in [0, 0.1) is 5.41 Å². The number of likely N-dealkylation sites (tertiary alicyclic amines) is 1. The van der Waals surface area contributed by atoms with Gasteiger partial charge in [-0.15, -0.1) is 0 Å². The molecule has 1 N–H and O–H groups in total. The van der Waals surface area contributed by atoms with E-state index in [-0.39, 0.29) is 12.7 Å². The standard InChI is InChI=1S/C22H33FN2O2/c1-21(10-14-24-15-11-21)8-5-9-22(23)12-16-25(17-13-22)20(26)27-18-19-6-3-2-4-7-19/h2-4,6-7,24H,5,8-18H2,1H3. The van der Waals surface area contributed by atoms with Gasteiger partial charge in [0.2, 0.25) is 0 Å². The maximum atomic E-state index is 15.1. The zero-order valence-corrected chi connectivity index (χ0v) is 16.5. The summed E-state index contributed by atoms with van der Waals surface area (Å²) in [5.41, 5.74) is 0.206. The molecule has 1 amide bonds. The van der Waals surface area contributed by atoms with Crippen molar-refractivity contribution in [1.82, 2.24) is 10.2 Å². The fourth-order valence-corrected chi connectivity index (χ4v) is 4.26. The Balaban J connectivity index is 1.37. The number of hydrogen-bond donors (Lipinski definition) is 1. The third kappa shape index (κ3) is 5.93. The first-order valence-corrected chi connectivity index (χ1v) is 10.3. The molecule has 150 valence electrons. The highest BCUT2D eigenvalue weighted by atomic mass is 19.1. The van der Waals surface area contributed by atoms with Gasteiger partial charge >= 0.3 is 6.09 Å². The smallest absolute Gasteiger partial charge is 0.410 e. The third-order valence-corrected chi connectivity index (χ3v) is 6.34. The number of piperidine rings is 2. The minimum atomic E-state index is -1.13. The van der Waals surface area contributed by atoms with Gasteiger partial charge in [0.05, 0.1) is 0 Å². The van der Waals surface area contributed by atoms with Crippen LogP contribution >= 0.6 is 0 Å². The van der Waals surface area contributed by atoms with Gasteiger partial charge in [-0.25, -0.2) is 9.18 Å². The Morgan fingerprint density at radius 2 is 1.78 bits per heavy atom. The lowest BCUT2D eigenvalue weighted by atomic mass is 9.75. The number of hydrogen-bond acceptors (Lipinski definition) is 3. The molecule has 4 nitrogen and oxygen atoms in total. The van der Waals surface area contributed by atoms with E-state index >= 15 is 4.39 Å². The summed E-state index contributed by atoms with van der Waals surface area (Å²) in [4.78, 5) is 13.9. The Kier molecular flexibility index (Phi) is 6.74. The number of carbonyl (C=O) groups excluding carboxylic acids is 1. The summed E-state index contributed by atoms with van der Waals surface area (Å²) in [5.74, 6) is 0. The fourth-order valence-electron chi connectivity index (χ4n) is 4.26. The number of alkyl halides is 1. The Labute approximate surface area is 162 Å². The van der Waals surface area contributed by atoms with Gasteiger partial charge in [-0.2, -0.15) is 0 Å². The molecule has 2 heterocycles. The molecule has 27 heavy (non-hydrogen) atoms. The molecule has 0 bridgehead atoms. The number of ether oxygens (including phenoxy) is 1. The monoisotopic (exact) mass is 376 g/mol. The van der Waals surface area contributed by atoms with Crippen molar-refractivity contribution >= 4 is 6.09 Å². The van der Waals surface area contributed by atoms with Crippen molar-refractivity contribution in [2.24, 2.45) is 5.41 Å². The Bertz CT molecular complexity index is 594. The largest absolute Gasteiger partial charge is 0.445 e. The van der Waals surface area contributed by atoms with E-state index < -0.39 is 5.67 Å². The van der Waals surface area contributed by atoms with Crippen LogP contribution in [-0.4, -0.2) is 42.8 Å². The second kappa shape index (κ2) is 9.05. The van der Waals surface area contributed by atoms with Gasteiger partial charge in [0.1, 0.15) is 12.3 Å². The molecule has 2 aliphatic heterocycles. The van der Waals surface area contributed by atoms with Crippen molar-refractivity contribution in [2.45, 2.75) is 64.1 Å². The van der Waals surface area contributed by atoms with Crippen LogP contribution in [-0.2, 0) is 11.3 Å². The molecule has 2 aliphatic rings. The molecular formula is C22H33FN2O2. The molecular weight excluding hydrogens is 343 g/mol. The average Bonchev–Trinajstić information content (AvgIpc) is 2.68. The molecule has 0 spiro atoms. The van der Waals surface area contributed by atoms with Crippen LogP contribution in [0.3, 0.4) is 0 Å². The maximum absolute atomic E-state index is 15.1. The minimum Gasteiger partial charge on any atom is -0.445 e. The summed E-state index contributed by atoms with van der Waals surface area (Å²) in [6.45, 7) is 5.67. The van der Waals surface area contributed by atoms with Crippen LogP contribution < -0.4 is 5.32 Å². The highest BCUT2D eigenvalue weighted by Crippen LogP contribution is 2.37. The van der Waals surface area contributed by atoms with Crippen LogP contribution in [0.2, 0.25) is 0 Å². The quantitative estimate of drug-likeness (QED) is 0.783. The SMILES string of the molecule is CC1(CCCC2(F)CCN(C(=O)OCc3ccccc3)CC2)CCNCC1. The van der Waals surface area contributed by atoms with E-state index in [9.17, 15) is 4.79 Å². The highest BCUT2D eigenvalue weighted by molar-refractivity contribution is 5.67. The summed E-state index contributed by atoms with van der Waals surface area (Å²) in [7, 11) is 0. The summed E-state index contributed by atoms with van der Waals surface area (Å²) in [6.07, 6.45) is 5.54. The molecule has 2 fully saturated rings. The third-order valence-electron chi connectivity index (χ3n) is 6.34. The molecule has 3 rings (SSSR count). The van der Waals surface area contributed by atoms with Crippen LogP contribution in [0.5, 0.6) is 0 Å². The molecule has 0 atom stereocenters. The first kappa shape index (κ1) is 20.1. The van der Waals surface area contributed by atoms with Gasteiger partial charge in [-0.3, -0.25) is 0 Å². The van der Waals surface area contributed by atoms with Gasteiger partial charge in [-0.1, -0.05) is 37.3 Å². The van der Waals surface area contributed by atoms with E-state index in [1.807, 2.05) is 30.3 Å². The number of amides is 1. The van der Waals surface area contributed by atoms with Crippen molar-refractivity contribution in [2.75, 3.05) is 26.2 Å². The number of benzene rings is 1. The van der Waals surface area contributed by atoms with E-state index in [1.54, 1.807) is 4.90 Å². The molecule has 0 unspecified atom stereocenters. The van der Waals surface area contributed by atoms with Crippen LogP contribution in [0.25, 0.3) is 0 Å². The lowest BCUT2D eigenvalue weighted by molar-refractivity contribution is 0.0327. The molecule has 5 heteroatoms. The number of rotatable bonds is 6. The van der Waals surface area contributed by atoms with E-state index in [2.05, 4.69) is 12.2 Å². The van der Waals surface area contributed by atoms with Crippen molar-refractivity contribution in [1.29, 1.82) is 0 Å². The van der Waals surface area contributed by atoms with E-state index in [0.29, 0.717) is 37.8 Å². The Morgan fingerprint density at radius 3 is 2.44 bits per heavy atom. The van der Waals surface area contributed by atoms with Gasteiger partial charge < -0.3 is 15.0 Å². The predicted molar refractivity (Wildman–Crippen MR) is 105 cm³/mol. The van der Waals surface area contributed by atoms with Crippen LogP contribution in [0.4, 0.5) is 9.18 Å². The number of nitrogens with one attached hydrogen (secondary N) is 1. The van der Waals surface area contributed by atoms with Gasteiger partial charge in [-0.05, 0) is 69.0 Å². The topological polar surface area (TPSA) is 41.6 Å². The van der Waals surface area contributed by atoms with Crippen LogP contribution in [0.15, 0.2) is 30.3 Å². The van der Waals surface area contributed by atoms with E-state index in [4.69, 9.17) is 4.74 Å². The second-order valence-corrected chi connectivity index (χ2v) is 8.59. The van der Waals surface area contributed by atoms with Crippen molar-refractivity contribution in [3.8, 4) is 0 Å². The normalized spacial score (nSPS) is 21.6. The fraction of sp³-hybridized carbons (Fsp3) is 0.682. The summed E-state index contributed by atoms with van der Waals surface area (Å²) in [5, 5.41) is 3.40. The summed E-state index contributed by atoms with van der Waals surface area (Å²) < 4.78 is 20.5. The van der Waals surface area contributed by atoms with Gasteiger partial charge in [0, 0.05) is 13.1 Å². The molecule has 2 saturated heterocycles. The average molecular weight is 377 g/mol. The lowest BCUT2D eigenvalue weighted by Gasteiger charge is -2.38. The number of nitrogens with zero attached hydrogens (tertiary/aromatic N) is 1. The minimum absolute atomic E-state index is 0.268. The number of carbonyl (C=O) groups is 1. The Morgan fingerprint density at radius 1 is 1.11 bits per heavy atom. The predicted octanol–water partition coefficient (Wildman–Crippen LogP) is 4.69. The molecule has 0 aliphatic carbocycles. The Hall–Kier alpha value is -1.62. The van der Waals surface area contributed by atoms with E-state index in [1.165, 1.54) is 12.8 Å². The van der Waals surface area contributed by atoms with Crippen molar-refractivity contribution in [3.63, 3.8) is 0 Å². The molecule has 1 aromatic carbocycles. The van der Waals surface area contributed by atoms with Crippen LogP contribution in [0.1, 0.15) is 57.4 Å². The molecule has 1 aromatic rings. The zero-order valence-electron chi connectivity index (χ0n) is 16.5. The number of halogens is 1. The van der Waals surface area contributed by atoms with E-state index in [0.717, 1.165) is 31.5 Å². The molecule has 0 radical (unpaired) electrons. The first-order chi connectivity index (χ1) is 13.0. The van der Waals surface area contributed by atoms with Gasteiger partial charge in [0.25, 0.3) is 0 Å². The van der Waals surface area contributed by atoms with Crippen molar-refractivity contribution < 1.29 is 13.9 Å². The summed E-state index contributed by atoms with van der Waals surface area (Å²) >= 11 is 0. The molecule has 0 saturated carbocycles. The van der Waals surface area contributed by atoms with Crippen molar-refractivity contribution in [3.05, 3.63) is 35.9 Å². The maximum Gasteiger partial charge on any atom is 0.410 e.